The Morgan fingerprint density at radius 3 is 2.69 bits per heavy atom. The molecular formula is C11H7ClN. The first-order chi connectivity index (χ1) is 6.38. The fraction of sp³-hybridized carbons (Fsp3) is 0. The molecule has 1 radical (unpaired) electrons. The second-order valence-corrected chi connectivity index (χ2v) is 3.04. The summed E-state index contributed by atoms with van der Waals surface area (Å²) in [6, 6.07) is 12.6. The second kappa shape index (κ2) is 3.58. The number of rotatable bonds is 1. The summed E-state index contributed by atoms with van der Waals surface area (Å²) < 4.78 is 0. The van der Waals surface area contributed by atoms with Crippen molar-refractivity contribution in [2.45, 2.75) is 0 Å². The molecule has 13 heavy (non-hydrogen) atoms. The lowest BCUT2D eigenvalue weighted by Crippen LogP contribution is -1.79. The molecule has 0 aliphatic carbocycles. The summed E-state index contributed by atoms with van der Waals surface area (Å²) >= 11 is 6.02. The Morgan fingerprint density at radius 1 is 1.15 bits per heavy atom. The minimum atomic E-state index is 0.741. The van der Waals surface area contributed by atoms with Crippen molar-refractivity contribution in [2.24, 2.45) is 0 Å². The van der Waals surface area contributed by atoms with Crippen molar-refractivity contribution in [3.8, 4) is 11.1 Å². The average Bonchev–Trinajstić information content (AvgIpc) is 2.20. The normalized spacial score (nSPS) is 9.92. The highest BCUT2D eigenvalue weighted by Crippen LogP contribution is 2.25. The van der Waals surface area contributed by atoms with Crippen molar-refractivity contribution < 1.29 is 0 Å². The van der Waals surface area contributed by atoms with Crippen LogP contribution in [0.3, 0.4) is 0 Å². The van der Waals surface area contributed by atoms with E-state index in [1.54, 1.807) is 12.4 Å². The number of pyridine rings is 1. The molecule has 0 saturated heterocycles. The van der Waals surface area contributed by atoms with Crippen LogP contribution in [0.2, 0.25) is 5.02 Å². The Morgan fingerprint density at radius 2 is 2.00 bits per heavy atom. The van der Waals surface area contributed by atoms with Gasteiger partial charge in [0.2, 0.25) is 0 Å². The molecule has 0 bridgehead atoms. The molecule has 0 atom stereocenters. The summed E-state index contributed by atoms with van der Waals surface area (Å²) in [5.41, 5.74) is 1.96. The molecule has 0 unspecified atom stereocenters. The summed E-state index contributed by atoms with van der Waals surface area (Å²) in [7, 11) is 0. The lowest BCUT2D eigenvalue weighted by Gasteiger charge is -2.01. The zero-order valence-corrected chi connectivity index (χ0v) is 7.62. The van der Waals surface area contributed by atoms with Crippen molar-refractivity contribution in [3.05, 3.63) is 53.8 Å². The third-order valence-electron chi connectivity index (χ3n) is 1.79. The van der Waals surface area contributed by atoms with Crippen LogP contribution in [0.15, 0.2) is 42.7 Å². The molecule has 0 saturated carbocycles. The van der Waals surface area contributed by atoms with E-state index in [9.17, 15) is 0 Å². The largest absolute Gasteiger partial charge is 0.264 e. The molecule has 0 N–H and O–H groups in total. The van der Waals surface area contributed by atoms with Crippen LogP contribution in [0.4, 0.5) is 0 Å². The third-order valence-corrected chi connectivity index (χ3v) is 2.12. The maximum atomic E-state index is 6.02. The van der Waals surface area contributed by atoms with Gasteiger partial charge < -0.3 is 0 Å². The second-order valence-electron chi connectivity index (χ2n) is 2.63. The van der Waals surface area contributed by atoms with E-state index in [1.807, 2.05) is 30.3 Å². The molecule has 2 rings (SSSR count). The van der Waals surface area contributed by atoms with Crippen LogP contribution in [-0.2, 0) is 0 Å². The number of hydrogen-bond acceptors (Lipinski definition) is 1. The Balaban J connectivity index is 2.54. The molecule has 0 fully saturated rings. The first-order valence-electron chi connectivity index (χ1n) is 3.94. The minimum Gasteiger partial charge on any atom is -0.264 e. The molecule has 2 heteroatoms. The molecule has 1 aromatic carbocycles. The highest BCUT2D eigenvalue weighted by Gasteiger charge is 2.00. The first kappa shape index (κ1) is 8.27. The van der Waals surface area contributed by atoms with Gasteiger partial charge in [-0.25, -0.2) is 0 Å². The summed E-state index contributed by atoms with van der Waals surface area (Å²) in [4.78, 5) is 3.90. The summed E-state index contributed by atoms with van der Waals surface area (Å²) in [6.45, 7) is 0. The van der Waals surface area contributed by atoms with E-state index in [0.29, 0.717) is 0 Å². The summed E-state index contributed by atoms with van der Waals surface area (Å²) in [5.74, 6) is 0. The van der Waals surface area contributed by atoms with E-state index >= 15 is 0 Å². The van der Waals surface area contributed by atoms with Crippen molar-refractivity contribution >= 4 is 11.6 Å². The molecule has 0 amide bonds. The molecular weight excluding hydrogens is 182 g/mol. The van der Waals surface area contributed by atoms with E-state index in [4.69, 9.17) is 11.6 Å². The van der Waals surface area contributed by atoms with Crippen LogP contribution in [-0.4, -0.2) is 4.98 Å². The van der Waals surface area contributed by atoms with Crippen LogP contribution < -0.4 is 0 Å². The zero-order chi connectivity index (χ0) is 9.10. The third kappa shape index (κ3) is 1.70. The molecule has 2 aromatic rings. The maximum absolute atomic E-state index is 6.02. The molecule has 0 aliphatic rings. The number of nitrogens with zero attached hydrogens (tertiary/aromatic N) is 1. The molecule has 1 aromatic heterocycles. The zero-order valence-electron chi connectivity index (χ0n) is 6.87. The van der Waals surface area contributed by atoms with Gasteiger partial charge in [0.05, 0.1) is 0 Å². The van der Waals surface area contributed by atoms with E-state index < -0.39 is 0 Å². The SMILES string of the molecule is Clc1ccccc1-c1[c]cncc1. The summed E-state index contributed by atoms with van der Waals surface area (Å²) in [6.07, 6.45) is 3.37. The van der Waals surface area contributed by atoms with Gasteiger partial charge in [-0.1, -0.05) is 29.8 Å². The predicted octanol–water partition coefficient (Wildman–Crippen LogP) is 3.20. The molecule has 0 spiro atoms. The van der Waals surface area contributed by atoms with Crippen molar-refractivity contribution in [1.29, 1.82) is 0 Å². The molecule has 1 nitrogen and oxygen atoms in total. The van der Waals surface area contributed by atoms with Crippen molar-refractivity contribution in [3.63, 3.8) is 0 Å². The highest BCUT2D eigenvalue weighted by atomic mass is 35.5. The van der Waals surface area contributed by atoms with Crippen LogP contribution in [0, 0.1) is 6.07 Å². The van der Waals surface area contributed by atoms with Gasteiger partial charge in [-0.15, -0.1) is 0 Å². The lowest BCUT2D eigenvalue weighted by atomic mass is 10.1. The van der Waals surface area contributed by atoms with Gasteiger partial charge in [0.15, 0.2) is 0 Å². The van der Waals surface area contributed by atoms with E-state index in [2.05, 4.69) is 11.1 Å². The van der Waals surface area contributed by atoms with E-state index in [-0.39, 0.29) is 0 Å². The fourth-order valence-electron chi connectivity index (χ4n) is 1.16. The predicted molar refractivity (Wildman–Crippen MR) is 53.5 cm³/mol. The van der Waals surface area contributed by atoms with Gasteiger partial charge in [0.1, 0.15) is 0 Å². The monoisotopic (exact) mass is 188 g/mol. The number of hydrogen-bond donors (Lipinski definition) is 0. The minimum absolute atomic E-state index is 0.741. The topological polar surface area (TPSA) is 12.9 Å². The smallest absolute Gasteiger partial charge is 0.0484 e. The van der Waals surface area contributed by atoms with Gasteiger partial charge in [-0.05, 0) is 17.7 Å². The van der Waals surface area contributed by atoms with Crippen LogP contribution in [0.5, 0.6) is 0 Å². The van der Waals surface area contributed by atoms with Gasteiger partial charge in [0, 0.05) is 29.0 Å². The molecule has 0 aliphatic heterocycles. The quantitative estimate of drug-likeness (QED) is 0.670. The van der Waals surface area contributed by atoms with Gasteiger partial charge >= 0.3 is 0 Å². The Hall–Kier alpha value is -1.34. The maximum Gasteiger partial charge on any atom is 0.0484 e. The Labute approximate surface area is 82.0 Å². The van der Waals surface area contributed by atoms with Crippen molar-refractivity contribution in [2.75, 3.05) is 0 Å². The molecule has 1 heterocycles. The first-order valence-corrected chi connectivity index (χ1v) is 4.32. The average molecular weight is 189 g/mol. The van der Waals surface area contributed by atoms with Crippen LogP contribution >= 0.6 is 11.6 Å². The molecule has 63 valence electrons. The number of halogens is 1. The number of benzene rings is 1. The van der Waals surface area contributed by atoms with E-state index in [0.717, 1.165) is 16.1 Å². The number of aromatic nitrogens is 1. The van der Waals surface area contributed by atoms with Gasteiger partial charge in [-0.2, -0.15) is 0 Å². The van der Waals surface area contributed by atoms with Gasteiger partial charge in [0.25, 0.3) is 0 Å². The van der Waals surface area contributed by atoms with E-state index in [1.165, 1.54) is 0 Å². The van der Waals surface area contributed by atoms with Crippen LogP contribution in [0.1, 0.15) is 0 Å². The van der Waals surface area contributed by atoms with Gasteiger partial charge in [-0.3, -0.25) is 4.98 Å². The Kier molecular flexibility index (Phi) is 2.28. The standard InChI is InChI=1S/C11H7ClN/c12-11-4-2-1-3-10(11)9-5-7-13-8-6-9/h1-5,7-8H. The van der Waals surface area contributed by atoms with Crippen molar-refractivity contribution in [1.82, 2.24) is 4.98 Å². The summed E-state index contributed by atoms with van der Waals surface area (Å²) in [5, 5.41) is 0.741. The fourth-order valence-corrected chi connectivity index (χ4v) is 1.40. The lowest BCUT2D eigenvalue weighted by molar-refractivity contribution is 1.32. The Bertz CT molecular complexity index is 398. The highest BCUT2D eigenvalue weighted by molar-refractivity contribution is 6.33. The van der Waals surface area contributed by atoms with Crippen LogP contribution in [0.25, 0.3) is 11.1 Å².